The van der Waals surface area contributed by atoms with Crippen molar-refractivity contribution in [1.82, 2.24) is 9.97 Å². The Morgan fingerprint density at radius 1 is 1.21 bits per heavy atom. The predicted molar refractivity (Wildman–Crippen MR) is 93.9 cm³/mol. The smallest absolute Gasteiger partial charge is 0.230 e. The van der Waals surface area contributed by atoms with Crippen LogP contribution in [-0.2, 0) is 16.0 Å². The highest BCUT2D eigenvalue weighted by Crippen LogP contribution is 2.28. The van der Waals surface area contributed by atoms with Gasteiger partial charge in [-0.3, -0.25) is 4.79 Å². The molecule has 0 bridgehead atoms. The van der Waals surface area contributed by atoms with Crippen LogP contribution < -0.4 is 10.2 Å². The number of nitrogens with one attached hydrogen (secondary N) is 1. The summed E-state index contributed by atoms with van der Waals surface area (Å²) in [6.07, 6.45) is 3.32. The molecule has 1 aliphatic rings. The van der Waals surface area contributed by atoms with E-state index in [1.165, 1.54) is 0 Å². The van der Waals surface area contributed by atoms with Crippen molar-refractivity contribution in [2.24, 2.45) is 0 Å². The lowest BCUT2D eigenvalue weighted by molar-refractivity contribution is -0.115. The number of morpholine rings is 1. The summed E-state index contributed by atoms with van der Waals surface area (Å²) >= 11 is 12.0. The molecular weight excluding hydrogens is 351 g/mol. The molecule has 0 saturated carbocycles. The second-order valence-electron chi connectivity index (χ2n) is 5.33. The molecule has 0 aliphatic carbocycles. The van der Waals surface area contributed by atoms with E-state index in [-0.39, 0.29) is 12.3 Å². The van der Waals surface area contributed by atoms with Crippen molar-refractivity contribution in [2.45, 2.75) is 6.42 Å². The molecule has 3 heterocycles. The maximum atomic E-state index is 12.2. The fourth-order valence-corrected chi connectivity index (χ4v) is 2.76. The topological polar surface area (TPSA) is 67.4 Å². The minimum Gasteiger partial charge on any atom is -0.378 e. The Labute approximate surface area is 149 Å². The molecule has 1 N–H and O–H groups in total. The molecule has 24 heavy (non-hydrogen) atoms. The number of ether oxygens (including phenoxy) is 1. The van der Waals surface area contributed by atoms with Crippen LogP contribution in [0.2, 0.25) is 10.2 Å². The SMILES string of the molecule is O=C(Cc1ccc(Cl)nc1)Nc1cc(N2CCOCC2)c(Cl)cn1. The van der Waals surface area contributed by atoms with Crippen LogP contribution >= 0.6 is 23.2 Å². The fourth-order valence-electron chi connectivity index (χ4n) is 2.43. The highest BCUT2D eigenvalue weighted by molar-refractivity contribution is 6.33. The van der Waals surface area contributed by atoms with Gasteiger partial charge in [-0.15, -0.1) is 0 Å². The van der Waals surface area contributed by atoms with Gasteiger partial charge in [0, 0.05) is 25.4 Å². The molecular formula is C16H16Cl2N4O2. The number of halogens is 2. The molecule has 126 valence electrons. The molecule has 1 amide bonds. The zero-order valence-corrected chi connectivity index (χ0v) is 14.3. The van der Waals surface area contributed by atoms with Crippen molar-refractivity contribution in [3.63, 3.8) is 0 Å². The molecule has 1 aliphatic heterocycles. The molecule has 1 saturated heterocycles. The first-order valence-corrected chi connectivity index (χ1v) is 8.26. The molecule has 0 spiro atoms. The van der Waals surface area contributed by atoms with Crippen LogP contribution in [0.5, 0.6) is 0 Å². The number of carbonyl (C=O) groups excluding carboxylic acids is 1. The Morgan fingerprint density at radius 3 is 2.71 bits per heavy atom. The van der Waals surface area contributed by atoms with Gasteiger partial charge in [0.15, 0.2) is 0 Å². The van der Waals surface area contributed by atoms with Crippen LogP contribution in [0.15, 0.2) is 30.6 Å². The van der Waals surface area contributed by atoms with Crippen LogP contribution in [0.1, 0.15) is 5.56 Å². The third kappa shape index (κ3) is 4.35. The van der Waals surface area contributed by atoms with E-state index in [1.54, 1.807) is 30.6 Å². The summed E-state index contributed by atoms with van der Waals surface area (Å²) in [5.74, 6) is 0.287. The van der Waals surface area contributed by atoms with Crippen LogP contribution in [0.3, 0.4) is 0 Å². The number of pyridine rings is 2. The van der Waals surface area contributed by atoms with E-state index in [2.05, 4.69) is 20.2 Å². The number of hydrogen-bond acceptors (Lipinski definition) is 5. The second-order valence-corrected chi connectivity index (χ2v) is 6.13. The summed E-state index contributed by atoms with van der Waals surface area (Å²) in [5.41, 5.74) is 1.62. The molecule has 6 nitrogen and oxygen atoms in total. The van der Waals surface area contributed by atoms with Gasteiger partial charge in [-0.1, -0.05) is 29.3 Å². The van der Waals surface area contributed by atoms with E-state index in [9.17, 15) is 4.79 Å². The van der Waals surface area contributed by atoms with E-state index in [0.717, 1.165) is 24.3 Å². The van der Waals surface area contributed by atoms with Crippen molar-refractivity contribution in [3.8, 4) is 0 Å². The number of nitrogens with zero attached hydrogens (tertiary/aromatic N) is 3. The lowest BCUT2D eigenvalue weighted by Crippen LogP contribution is -2.36. The highest BCUT2D eigenvalue weighted by Gasteiger charge is 2.16. The number of amides is 1. The Hall–Kier alpha value is -1.89. The minimum absolute atomic E-state index is 0.179. The number of aromatic nitrogens is 2. The van der Waals surface area contributed by atoms with Crippen LogP contribution in [0.4, 0.5) is 11.5 Å². The lowest BCUT2D eigenvalue weighted by atomic mass is 10.2. The number of anilines is 2. The summed E-state index contributed by atoms with van der Waals surface area (Å²) in [6, 6.07) is 5.20. The molecule has 2 aromatic heterocycles. The van der Waals surface area contributed by atoms with Crippen molar-refractivity contribution < 1.29 is 9.53 Å². The summed E-state index contributed by atoms with van der Waals surface area (Å²) in [7, 11) is 0. The van der Waals surface area contributed by atoms with E-state index >= 15 is 0 Å². The zero-order chi connectivity index (χ0) is 16.9. The number of hydrogen-bond donors (Lipinski definition) is 1. The summed E-state index contributed by atoms with van der Waals surface area (Å²) < 4.78 is 5.35. The first kappa shape index (κ1) is 17.0. The first-order valence-electron chi connectivity index (χ1n) is 7.50. The van der Waals surface area contributed by atoms with Gasteiger partial charge in [-0.05, 0) is 11.6 Å². The Kier molecular flexibility index (Phi) is 5.50. The monoisotopic (exact) mass is 366 g/mol. The van der Waals surface area contributed by atoms with Crippen molar-refractivity contribution in [2.75, 3.05) is 36.5 Å². The maximum absolute atomic E-state index is 12.2. The molecule has 0 atom stereocenters. The molecule has 0 aromatic carbocycles. The van der Waals surface area contributed by atoms with Crippen molar-refractivity contribution in [3.05, 3.63) is 46.3 Å². The second kappa shape index (κ2) is 7.79. The molecule has 3 rings (SSSR count). The Morgan fingerprint density at radius 2 is 2.00 bits per heavy atom. The highest BCUT2D eigenvalue weighted by atomic mass is 35.5. The van der Waals surface area contributed by atoms with Gasteiger partial charge in [-0.2, -0.15) is 0 Å². The van der Waals surface area contributed by atoms with E-state index in [0.29, 0.717) is 29.2 Å². The number of rotatable bonds is 4. The van der Waals surface area contributed by atoms with Gasteiger partial charge in [0.05, 0.1) is 36.5 Å². The van der Waals surface area contributed by atoms with Gasteiger partial charge in [-0.25, -0.2) is 9.97 Å². The van der Waals surface area contributed by atoms with Crippen LogP contribution in [0, 0.1) is 0 Å². The molecule has 0 radical (unpaired) electrons. The average Bonchev–Trinajstić information content (AvgIpc) is 2.59. The molecule has 1 fully saturated rings. The van der Waals surface area contributed by atoms with Gasteiger partial charge >= 0.3 is 0 Å². The van der Waals surface area contributed by atoms with E-state index < -0.39 is 0 Å². The Bertz CT molecular complexity index is 719. The normalized spacial score (nSPS) is 14.5. The quantitative estimate of drug-likeness (QED) is 0.842. The lowest BCUT2D eigenvalue weighted by Gasteiger charge is -2.29. The third-order valence-corrected chi connectivity index (χ3v) is 4.12. The summed E-state index contributed by atoms with van der Waals surface area (Å²) in [6.45, 7) is 2.83. The van der Waals surface area contributed by atoms with Gasteiger partial charge in [0.1, 0.15) is 11.0 Å². The summed E-state index contributed by atoms with van der Waals surface area (Å²) in [5, 5.41) is 3.73. The van der Waals surface area contributed by atoms with E-state index in [4.69, 9.17) is 27.9 Å². The van der Waals surface area contributed by atoms with Crippen molar-refractivity contribution in [1.29, 1.82) is 0 Å². The van der Waals surface area contributed by atoms with Gasteiger partial charge < -0.3 is 15.0 Å². The largest absolute Gasteiger partial charge is 0.378 e. The van der Waals surface area contributed by atoms with Crippen LogP contribution in [0.25, 0.3) is 0 Å². The average molecular weight is 367 g/mol. The van der Waals surface area contributed by atoms with Gasteiger partial charge in [0.25, 0.3) is 0 Å². The maximum Gasteiger partial charge on any atom is 0.230 e. The Balaban J connectivity index is 1.68. The van der Waals surface area contributed by atoms with E-state index in [1.807, 2.05) is 0 Å². The predicted octanol–water partition coefficient (Wildman–Crippen LogP) is 2.80. The van der Waals surface area contributed by atoms with Gasteiger partial charge in [0.2, 0.25) is 5.91 Å². The van der Waals surface area contributed by atoms with Crippen LogP contribution in [-0.4, -0.2) is 42.2 Å². The first-order chi connectivity index (χ1) is 11.6. The third-order valence-electron chi connectivity index (χ3n) is 3.61. The minimum atomic E-state index is -0.179. The molecule has 8 heteroatoms. The fraction of sp³-hybridized carbons (Fsp3) is 0.312. The summed E-state index contributed by atoms with van der Waals surface area (Å²) in [4.78, 5) is 22.4. The standard InChI is InChI=1S/C16H16Cl2N4O2/c17-12-10-20-15(8-13(12)22-3-5-24-6-4-22)21-16(23)7-11-1-2-14(18)19-9-11/h1-2,8-10H,3-7H2,(H,20,21,23). The number of carbonyl (C=O) groups is 1. The molecule has 2 aromatic rings. The zero-order valence-electron chi connectivity index (χ0n) is 12.8. The van der Waals surface area contributed by atoms with Crippen molar-refractivity contribution >= 4 is 40.6 Å². The molecule has 0 unspecified atom stereocenters.